The molecule has 0 atom stereocenters. The van der Waals surface area contributed by atoms with Crippen molar-refractivity contribution in [2.24, 2.45) is 0 Å². The molecular formula is C52H34N4. The van der Waals surface area contributed by atoms with Crippen LogP contribution in [-0.4, -0.2) is 19.1 Å². The zero-order chi connectivity index (χ0) is 37.0. The fraction of sp³-hybridized carbons (Fsp3) is 0. The van der Waals surface area contributed by atoms with Crippen LogP contribution in [0.3, 0.4) is 0 Å². The molecular weight excluding hydrogens is 681 g/mol. The van der Waals surface area contributed by atoms with Crippen molar-refractivity contribution in [1.29, 1.82) is 0 Å². The first-order valence-corrected chi connectivity index (χ1v) is 19.0. The summed E-state index contributed by atoms with van der Waals surface area (Å²) in [6, 6.07) is 73.1. The van der Waals surface area contributed by atoms with E-state index in [9.17, 15) is 0 Å². The molecule has 0 radical (unpaired) electrons. The Labute approximate surface area is 324 Å². The highest BCUT2D eigenvalue weighted by atomic mass is 15.2. The predicted octanol–water partition coefficient (Wildman–Crippen LogP) is 13.3. The number of fused-ring (bicyclic) bond motifs is 7. The molecule has 11 aromatic rings. The van der Waals surface area contributed by atoms with E-state index in [4.69, 9.17) is 9.97 Å². The Morgan fingerprint density at radius 1 is 0.304 bits per heavy atom. The van der Waals surface area contributed by atoms with Gasteiger partial charge in [-0.1, -0.05) is 164 Å². The maximum absolute atomic E-state index is 5.42. The molecule has 0 aliphatic heterocycles. The summed E-state index contributed by atoms with van der Waals surface area (Å²) in [5, 5.41) is 4.77. The topological polar surface area (TPSA) is 35.6 Å². The van der Waals surface area contributed by atoms with Gasteiger partial charge in [-0.15, -0.1) is 0 Å². The van der Waals surface area contributed by atoms with Crippen LogP contribution in [0.4, 0.5) is 0 Å². The molecule has 0 aliphatic rings. The van der Waals surface area contributed by atoms with E-state index in [-0.39, 0.29) is 0 Å². The average molecular weight is 715 g/mol. The molecule has 0 saturated carbocycles. The molecule has 0 unspecified atom stereocenters. The minimum absolute atomic E-state index is 0.627. The predicted molar refractivity (Wildman–Crippen MR) is 232 cm³/mol. The van der Waals surface area contributed by atoms with Crippen LogP contribution in [0.2, 0.25) is 0 Å². The van der Waals surface area contributed by atoms with Crippen LogP contribution in [0.1, 0.15) is 0 Å². The number of rotatable bonds is 6. The number of aromatic nitrogens is 4. The van der Waals surface area contributed by atoms with Gasteiger partial charge in [-0.3, -0.25) is 4.57 Å². The van der Waals surface area contributed by atoms with E-state index in [1.807, 2.05) is 0 Å². The van der Waals surface area contributed by atoms with Crippen molar-refractivity contribution in [1.82, 2.24) is 19.1 Å². The van der Waals surface area contributed by atoms with Crippen LogP contribution in [0.5, 0.6) is 0 Å². The van der Waals surface area contributed by atoms with Gasteiger partial charge in [0, 0.05) is 38.4 Å². The lowest BCUT2D eigenvalue weighted by Gasteiger charge is -2.13. The Kier molecular flexibility index (Phi) is 7.46. The third-order valence-corrected chi connectivity index (χ3v) is 11.0. The average Bonchev–Trinajstić information content (AvgIpc) is 3.80. The number of nitrogens with zero attached hydrogens (tertiary/aromatic N) is 4. The van der Waals surface area contributed by atoms with Crippen LogP contribution < -0.4 is 0 Å². The lowest BCUT2D eigenvalue weighted by atomic mass is 10.00. The number of para-hydroxylation sites is 3. The van der Waals surface area contributed by atoms with Crippen molar-refractivity contribution >= 4 is 43.6 Å². The zero-order valence-corrected chi connectivity index (χ0v) is 30.4. The van der Waals surface area contributed by atoms with E-state index in [1.54, 1.807) is 0 Å². The molecule has 0 N–H and O–H groups in total. The van der Waals surface area contributed by atoms with E-state index >= 15 is 0 Å². The molecule has 3 aromatic heterocycles. The highest BCUT2D eigenvalue weighted by Crippen LogP contribution is 2.42. The van der Waals surface area contributed by atoms with E-state index in [0.29, 0.717) is 5.95 Å². The van der Waals surface area contributed by atoms with E-state index in [2.05, 4.69) is 215 Å². The van der Waals surface area contributed by atoms with E-state index in [0.717, 1.165) is 50.2 Å². The second-order valence-corrected chi connectivity index (χ2v) is 14.2. The van der Waals surface area contributed by atoms with Gasteiger partial charge in [0.05, 0.1) is 33.5 Å². The van der Waals surface area contributed by atoms with E-state index < -0.39 is 0 Å². The Bertz CT molecular complexity index is 3220. The smallest absolute Gasteiger partial charge is 0.235 e. The van der Waals surface area contributed by atoms with Gasteiger partial charge in [0.2, 0.25) is 5.95 Å². The Balaban J connectivity index is 1.19. The molecule has 0 fully saturated rings. The first kappa shape index (κ1) is 31.9. The molecule has 0 aliphatic carbocycles. The van der Waals surface area contributed by atoms with Gasteiger partial charge < -0.3 is 4.57 Å². The summed E-state index contributed by atoms with van der Waals surface area (Å²) in [5.41, 5.74) is 14.0. The molecule has 0 spiro atoms. The normalized spacial score (nSPS) is 11.6. The number of hydrogen-bond donors (Lipinski definition) is 0. The summed E-state index contributed by atoms with van der Waals surface area (Å²) in [6.07, 6.45) is 0. The summed E-state index contributed by atoms with van der Waals surface area (Å²) in [7, 11) is 0. The van der Waals surface area contributed by atoms with Gasteiger partial charge in [-0.2, -0.15) is 0 Å². The van der Waals surface area contributed by atoms with Crippen LogP contribution in [0, 0.1) is 0 Å². The lowest BCUT2D eigenvalue weighted by Crippen LogP contribution is -2.04. The SMILES string of the molecule is c1ccc(-c2ccc(-c3cc(-c4cccc(-c5ccccc5)c4)nc(-n4c5ccccc5c5c4ccc4c6ccccc6n(-c6ccccc6)c45)n3)cc2)cc1. The van der Waals surface area contributed by atoms with Crippen molar-refractivity contribution in [2.45, 2.75) is 0 Å². The molecule has 262 valence electrons. The third-order valence-electron chi connectivity index (χ3n) is 11.0. The zero-order valence-electron chi connectivity index (χ0n) is 30.4. The minimum atomic E-state index is 0.627. The summed E-state index contributed by atoms with van der Waals surface area (Å²) in [4.78, 5) is 10.8. The van der Waals surface area contributed by atoms with Gasteiger partial charge >= 0.3 is 0 Å². The second-order valence-electron chi connectivity index (χ2n) is 14.2. The standard InChI is InChI=1S/C52H34N4/c1-4-15-35(16-5-1)37-27-29-38(30-28-37)45-34-46(40-20-14-19-39(33-40)36-17-6-2-7-18-36)54-52(53-45)56-48-26-13-11-24-44(48)50-49(56)32-31-43-42-23-10-12-25-47(42)55(51(43)50)41-21-8-3-9-22-41/h1-34H. The van der Waals surface area contributed by atoms with Gasteiger partial charge in [0.1, 0.15) is 0 Å². The highest BCUT2D eigenvalue weighted by Gasteiger charge is 2.22. The quantitative estimate of drug-likeness (QED) is 0.172. The molecule has 8 aromatic carbocycles. The molecule has 3 heterocycles. The van der Waals surface area contributed by atoms with Crippen molar-refractivity contribution in [2.75, 3.05) is 0 Å². The lowest BCUT2D eigenvalue weighted by molar-refractivity contribution is 0.996. The molecule has 11 rings (SSSR count). The van der Waals surface area contributed by atoms with Gasteiger partial charge in [-0.25, -0.2) is 9.97 Å². The van der Waals surface area contributed by atoms with Crippen LogP contribution in [0.15, 0.2) is 206 Å². The summed E-state index contributed by atoms with van der Waals surface area (Å²) >= 11 is 0. The Morgan fingerprint density at radius 3 is 1.54 bits per heavy atom. The Hall–Kier alpha value is -7.56. The van der Waals surface area contributed by atoms with Gasteiger partial charge in [0.15, 0.2) is 0 Å². The molecule has 0 saturated heterocycles. The van der Waals surface area contributed by atoms with Crippen LogP contribution in [-0.2, 0) is 0 Å². The van der Waals surface area contributed by atoms with Gasteiger partial charge in [0.25, 0.3) is 0 Å². The van der Waals surface area contributed by atoms with Crippen molar-refractivity contribution in [3.05, 3.63) is 206 Å². The summed E-state index contributed by atoms with van der Waals surface area (Å²) in [6.45, 7) is 0. The minimum Gasteiger partial charge on any atom is -0.309 e. The summed E-state index contributed by atoms with van der Waals surface area (Å²) < 4.78 is 4.67. The van der Waals surface area contributed by atoms with Gasteiger partial charge in [-0.05, 0) is 64.7 Å². The van der Waals surface area contributed by atoms with E-state index in [1.165, 1.54) is 43.9 Å². The van der Waals surface area contributed by atoms with Crippen molar-refractivity contribution in [3.8, 4) is 56.4 Å². The highest BCUT2D eigenvalue weighted by molar-refractivity contribution is 6.26. The maximum Gasteiger partial charge on any atom is 0.235 e. The van der Waals surface area contributed by atoms with Crippen molar-refractivity contribution < 1.29 is 0 Å². The molecule has 0 amide bonds. The largest absolute Gasteiger partial charge is 0.309 e. The Morgan fingerprint density at radius 2 is 0.821 bits per heavy atom. The van der Waals surface area contributed by atoms with Crippen LogP contribution in [0.25, 0.3) is 100 Å². The molecule has 4 heteroatoms. The first-order chi connectivity index (χ1) is 27.8. The first-order valence-electron chi connectivity index (χ1n) is 19.0. The fourth-order valence-electron chi connectivity index (χ4n) is 8.35. The second kappa shape index (κ2) is 13.1. The summed E-state index contributed by atoms with van der Waals surface area (Å²) in [5.74, 6) is 0.627. The van der Waals surface area contributed by atoms with Crippen molar-refractivity contribution in [3.63, 3.8) is 0 Å². The number of hydrogen-bond acceptors (Lipinski definition) is 2. The third kappa shape index (κ3) is 5.23. The maximum atomic E-state index is 5.42. The monoisotopic (exact) mass is 714 g/mol. The van der Waals surface area contributed by atoms with Crippen LogP contribution >= 0.6 is 0 Å². The number of benzene rings is 8. The molecule has 0 bridgehead atoms. The molecule has 56 heavy (non-hydrogen) atoms. The fourth-order valence-corrected chi connectivity index (χ4v) is 8.35. The molecule has 4 nitrogen and oxygen atoms in total.